The average Bonchev–Trinajstić information content (AvgIpc) is 3.02. The summed E-state index contributed by atoms with van der Waals surface area (Å²) in [6.45, 7) is 4.80. The molecule has 0 N–H and O–H groups in total. The molecule has 2 atom stereocenters. The van der Waals surface area contributed by atoms with Crippen LogP contribution in [-0.2, 0) is 23.8 Å². The van der Waals surface area contributed by atoms with Gasteiger partial charge in [-0.25, -0.2) is 4.79 Å². The van der Waals surface area contributed by atoms with E-state index in [1.807, 2.05) is 6.92 Å². The third kappa shape index (κ3) is 4.88. The van der Waals surface area contributed by atoms with Gasteiger partial charge >= 0.3 is 17.9 Å². The van der Waals surface area contributed by atoms with Crippen LogP contribution in [0.5, 0.6) is 0 Å². The largest absolute Gasteiger partial charge is 0.465 e. The summed E-state index contributed by atoms with van der Waals surface area (Å²) < 4.78 is 42.6. The van der Waals surface area contributed by atoms with Crippen LogP contribution < -0.4 is 0 Å². The number of esters is 2. The Labute approximate surface area is 142 Å². The second-order valence-corrected chi connectivity index (χ2v) is 6.41. The van der Waals surface area contributed by atoms with E-state index in [-0.39, 0.29) is 13.0 Å². The first-order chi connectivity index (χ1) is 11.2. The van der Waals surface area contributed by atoms with Gasteiger partial charge in [0.25, 0.3) is 0 Å². The molecule has 0 aromatic heterocycles. The van der Waals surface area contributed by atoms with E-state index in [0.717, 1.165) is 39.2 Å². The molecule has 0 aromatic carbocycles. The average molecular weight is 350 g/mol. The number of hydrogen-bond acceptors (Lipinski definition) is 5. The van der Waals surface area contributed by atoms with E-state index in [9.17, 15) is 18.4 Å². The summed E-state index contributed by atoms with van der Waals surface area (Å²) >= 11 is 0. The van der Waals surface area contributed by atoms with Gasteiger partial charge in [0.2, 0.25) is 0 Å². The molecule has 2 unspecified atom stereocenters. The van der Waals surface area contributed by atoms with Crippen LogP contribution in [0, 0.1) is 5.92 Å². The second-order valence-electron chi connectivity index (χ2n) is 6.41. The lowest BCUT2D eigenvalue weighted by Gasteiger charge is -2.30. The molecule has 0 aliphatic heterocycles. The van der Waals surface area contributed by atoms with Crippen LogP contribution in [0.2, 0.25) is 0 Å². The van der Waals surface area contributed by atoms with Crippen LogP contribution in [0.15, 0.2) is 0 Å². The van der Waals surface area contributed by atoms with Crippen molar-refractivity contribution < 1.29 is 32.6 Å². The molecule has 0 spiro atoms. The van der Waals surface area contributed by atoms with Gasteiger partial charge in [-0.15, -0.1) is 0 Å². The number of carbonyl (C=O) groups is 2. The molecule has 0 radical (unpaired) electrons. The molecule has 1 aliphatic rings. The van der Waals surface area contributed by atoms with Crippen LogP contribution >= 0.6 is 0 Å². The van der Waals surface area contributed by atoms with Crippen LogP contribution in [0.1, 0.15) is 59.3 Å². The van der Waals surface area contributed by atoms with E-state index in [1.54, 1.807) is 6.92 Å². The molecule has 1 saturated carbocycles. The van der Waals surface area contributed by atoms with Crippen molar-refractivity contribution in [2.75, 3.05) is 13.7 Å². The predicted molar refractivity (Wildman–Crippen MR) is 83.7 cm³/mol. The Morgan fingerprint density at radius 3 is 2.25 bits per heavy atom. The van der Waals surface area contributed by atoms with E-state index in [0.29, 0.717) is 0 Å². The smallest absolute Gasteiger partial charge is 0.379 e. The SMILES string of the molecule is CCC(OCC(C)C(=O)OC1(CC)CCCC1)C(F)(F)C(=O)OC. The van der Waals surface area contributed by atoms with Crippen molar-refractivity contribution in [3.8, 4) is 0 Å². The maximum absolute atomic E-state index is 13.9. The van der Waals surface area contributed by atoms with E-state index in [1.165, 1.54) is 6.92 Å². The summed E-state index contributed by atoms with van der Waals surface area (Å²) in [6, 6.07) is 0. The first-order valence-electron chi connectivity index (χ1n) is 8.53. The molecule has 1 rings (SSSR count). The maximum atomic E-state index is 13.9. The molecule has 24 heavy (non-hydrogen) atoms. The fourth-order valence-corrected chi connectivity index (χ4v) is 2.94. The van der Waals surface area contributed by atoms with Crippen molar-refractivity contribution in [2.24, 2.45) is 5.92 Å². The fourth-order valence-electron chi connectivity index (χ4n) is 2.94. The molecular weight excluding hydrogens is 322 g/mol. The van der Waals surface area contributed by atoms with Crippen molar-refractivity contribution in [3.63, 3.8) is 0 Å². The number of ether oxygens (including phenoxy) is 3. The summed E-state index contributed by atoms with van der Waals surface area (Å²) in [6.07, 6.45) is 2.74. The Bertz CT molecular complexity index is 433. The number of carbonyl (C=O) groups excluding carboxylic acids is 2. The molecule has 0 heterocycles. The van der Waals surface area contributed by atoms with Crippen LogP contribution in [0.3, 0.4) is 0 Å². The van der Waals surface area contributed by atoms with Gasteiger partial charge in [0.1, 0.15) is 11.7 Å². The Morgan fingerprint density at radius 1 is 1.21 bits per heavy atom. The van der Waals surface area contributed by atoms with Crippen molar-refractivity contribution in [1.82, 2.24) is 0 Å². The Hall–Kier alpha value is -1.24. The Balaban J connectivity index is 2.58. The number of hydrogen-bond donors (Lipinski definition) is 0. The van der Waals surface area contributed by atoms with Gasteiger partial charge < -0.3 is 14.2 Å². The van der Waals surface area contributed by atoms with Gasteiger partial charge in [0.15, 0.2) is 0 Å². The van der Waals surface area contributed by atoms with E-state index in [4.69, 9.17) is 9.47 Å². The van der Waals surface area contributed by atoms with Crippen LogP contribution in [-0.4, -0.2) is 43.3 Å². The third-order valence-corrected chi connectivity index (χ3v) is 4.66. The standard InChI is InChI=1S/C17H28F2O5/c1-5-13(17(18,19)15(21)22-4)23-11-12(3)14(20)24-16(6-2)9-7-8-10-16/h12-13H,5-11H2,1-4H3. The molecule has 0 bridgehead atoms. The van der Waals surface area contributed by atoms with Gasteiger partial charge in [0.05, 0.1) is 19.6 Å². The minimum absolute atomic E-state index is 0.0806. The Kier molecular flexibility index (Phi) is 7.57. The zero-order valence-electron chi connectivity index (χ0n) is 14.9. The lowest BCUT2D eigenvalue weighted by Crippen LogP contribution is -2.44. The number of alkyl halides is 2. The van der Waals surface area contributed by atoms with Gasteiger partial charge in [-0.05, 0) is 45.4 Å². The molecule has 140 valence electrons. The molecule has 5 nitrogen and oxygen atoms in total. The number of halogens is 2. The topological polar surface area (TPSA) is 61.8 Å². The summed E-state index contributed by atoms with van der Waals surface area (Å²) in [5, 5.41) is 0. The van der Waals surface area contributed by atoms with Crippen molar-refractivity contribution in [1.29, 1.82) is 0 Å². The highest BCUT2D eigenvalue weighted by atomic mass is 19.3. The molecule has 7 heteroatoms. The lowest BCUT2D eigenvalue weighted by atomic mass is 9.98. The van der Waals surface area contributed by atoms with Crippen molar-refractivity contribution in [2.45, 2.75) is 76.9 Å². The lowest BCUT2D eigenvalue weighted by molar-refractivity contribution is -0.196. The van der Waals surface area contributed by atoms with Gasteiger partial charge in [-0.2, -0.15) is 8.78 Å². The molecular formula is C17H28F2O5. The first kappa shape index (κ1) is 20.8. The van der Waals surface area contributed by atoms with Gasteiger partial charge in [0, 0.05) is 0 Å². The number of methoxy groups -OCH3 is 1. The molecule has 1 aliphatic carbocycles. The summed E-state index contributed by atoms with van der Waals surface area (Å²) in [7, 11) is 0.898. The second kappa shape index (κ2) is 8.74. The highest BCUT2D eigenvalue weighted by Gasteiger charge is 2.49. The van der Waals surface area contributed by atoms with E-state index >= 15 is 0 Å². The first-order valence-corrected chi connectivity index (χ1v) is 8.53. The maximum Gasteiger partial charge on any atom is 0.379 e. The molecule has 0 saturated heterocycles. The predicted octanol–water partition coefficient (Wildman–Crippen LogP) is 3.49. The van der Waals surface area contributed by atoms with Gasteiger partial charge in [-0.3, -0.25) is 4.79 Å². The zero-order chi connectivity index (χ0) is 18.4. The highest BCUT2D eigenvalue weighted by Crippen LogP contribution is 2.36. The van der Waals surface area contributed by atoms with Crippen molar-refractivity contribution >= 4 is 11.9 Å². The summed E-state index contributed by atoms with van der Waals surface area (Å²) in [4.78, 5) is 23.4. The normalized spacial score (nSPS) is 19.6. The molecule has 0 amide bonds. The molecule has 0 aromatic rings. The minimum Gasteiger partial charge on any atom is -0.465 e. The summed E-state index contributed by atoms with van der Waals surface area (Å²) in [5.41, 5.74) is -0.425. The zero-order valence-corrected chi connectivity index (χ0v) is 14.9. The summed E-state index contributed by atoms with van der Waals surface area (Å²) in [5.74, 6) is -6.52. The quantitative estimate of drug-likeness (QED) is 0.596. The Morgan fingerprint density at radius 2 is 1.79 bits per heavy atom. The van der Waals surface area contributed by atoms with Crippen LogP contribution in [0.25, 0.3) is 0 Å². The third-order valence-electron chi connectivity index (χ3n) is 4.66. The fraction of sp³-hybridized carbons (Fsp3) is 0.882. The van der Waals surface area contributed by atoms with Crippen molar-refractivity contribution in [3.05, 3.63) is 0 Å². The van der Waals surface area contributed by atoms with E-state index in [2.05, 4.69) is 4.74 Å². The van der Waals surface area contributed by atoms with E-state index < -0.39 is 35.5 Å². The molecule has 1 fully saturated rings. The highest BCUT2D eigenvalue weighted by molar-refractivity contribution is 5.78. The van der Waals surface area contributed by atoms with Gasteiger partial charge in [-0.1, -0.05) is 13.8 Å². The monoisotopic (exact) mass is 350 g/mol. The number of rotatable bonds is 9. The minimum atomic E-state index is -3.75. The van der Waals surface area contributed by atoms with Crippen LogP contribution in [0.4, 0.5) is 8.78 Å².